The number of aromatic nitrogens is 1. The zero-order valence-corrected chi connectivity index (χ0v) is 15.0. The Bertz CT molecular complexity index is 691. The summed E-state index contributed by atoms with van der Waals surface area (Å²) in [6.45, 7) is 5.58. The zero-order valence-electron chi connectivity index (χ0n) is 15.0. The highest BCUT2D eigenvalue weighted by atomic mass is 16.6. The molecule has 2 aliphatic rings. The van der Waals surface area contributed by atoms with Crippen LogP contribution in [0.2, 0.25) is 0 Å². The van der Waals surface area contributed by atoms with Gasteiger partial charge in [0.05, 0.1) is 17.3 Å². The number of nitriles is 1. The fourth-order valence-electron chi connectivity index (χ4n) is 4.01. The van der Waals surface area contributed by atoms with Crippen LogP contribution in [0, 0.1) is 11.3 Å². The van der Waals surface area contributed by atoms with E-state index in [0.717, 1.165) is 19.3 Å². The summed E-state index contributed by atoms with van der Waals surface area (Å²) in [4.78, 5) is 18.8. The van der Waals surface area contributed by atoms with Crippen molar-refractivity contribution < 1.29 is 14.6 Å². The highest BCUT2D eigenvalue weighted by molar-refractivity contribution is 5.69. The second-order valence-electron chi connectivity index (χ2n) is 8.11. The van der Waals surface area contributed by atoms with Gasteiger partial charge in [0.25, 0.3) is 0 Å². The van der Waals surface area contributed by atoms with E-state index in [4.69, 9.17) is 10.00 Å². The van der Waals surface area contributed by atoms with Gasteiger partial charge in [-0.25, -0.2) is 4.79 Å². The third-order valence-electron chi connectivity index (χ3n) is 4.98. The molecule has 1 N–H and O–H groups in total. The lowest BCUT2D eigenvalue weighted by atomic mass is 9.74. The monoisotopic (exact) mass is 343 g/mol. The lowest BCUT2D eigenvalue weighted by molar-refractivity contribution is -0.0984. The van der Waals surface area contributed by atoms with Gasteiger partial charge in [-0.2, -0.15) is 5.26 Å². The van der Waals surface area contributed by atoms with Crippen LogP contribution in [0.3, 0.4) is 0 Å². The number of hydrogen-bond donors (Lipinski definition) is 1. The Morgan fingerprint density at radius 3 is 2.60 bits per heavy atom. The van der Waals surface area contributed by atoms with Gasteiger partial charge in [0.15, 0.2) is 0 Å². The maximum Gasteiger partial charge on any atom is 0.410 e. The molecule has 2 saturated heterocycles. The lowest BCUT2D eigenvalue weighted by Gasteiger charge is -2.51. The van der Waals surface area contributed by atoms with Crippen LogP contribution in [0.15, 0.2) is 18.3 Å². The highest BCUT2D eigenvalue weighted by Crippen LogP contribution is 2.44. The average Bonchev–Trinajstić information content (AvgIpc) is 2.52. The zero-order chi connectivity index (χ0) is 18.2. The molecule has 0 aromatic carbocycles. The highest BCUT2D eigenvalue weighted by Gasteiger charge is 2.49. The Hall–Kier alpha value is -2.13. The van der Waals surface area contributed by atoms with Crippen molar-refractivity contribution in [3.05, 3.63) is 29.6 Å². The van der Waals surface area contributed by atoms with Gasteiger partial charge in [0, 0.05) is 31.1 Å². The number of carbonyl (C=O) groups is 1. The first-order valence-electron chi connectivity index (χ1n) is 8.82. The van der Waals surface area contributed by atoms with Gasteiger partial charge in [-0.15, -0.1) is 0 Å². The van der Waals surface area contributed by atoms with Crippen LogP contribution in [0.25, 0.3) is 0 Å². The Labute approximate surface area is 148 Å². The summed E-state index contributed by atoms with van der Waals surface area (Å²) < 4.78 is 5.57. The van der Waals surface area contributed by atoms with E-state index in [9.17, 15) is 9.90 Å². The molecule has 6 heteroatoms. The number of pyridine rings is 1. The van der Waals surface area contributed by atoms with Crippen molar-refractivity contribution in [2.75, 3.05) is 0 Å². The molecule has 0 spiro atoms. The normalized spacial score (nSPS) is 29.0. The van der Waals surface area contributed by atoms with Crippen LogP contribution in [0.5, 0.6) is 0 Å². The van der Waals surface area contributed by atoms with E-state index in [-0.39, 0.29) is 18.2 Å². The topological polar surface area (TPSA) is 86.5 Å². The Morgan fingerprint density at radius 2 is 2.04 bits per heavy atom. The second-order valence-corrected chi connectivity index (χ2v) is 8.11. The number of amides is 1. The van der Waals surface area contributed by atoms with Crippen LogP contribution >= 0.6 is 0 Å². The van der Waals surface area contributed by atoms with E-state index in [1.54, 1.807) is 18.3 Å². The first-order chi connectivity index (χ1) is 11.7. The van der Waals surface area contributed by atoms with E-state index in [1.165, 1.54) is 0 Å². The molecule has 134 valence electrons. The number of aliphatic hydroxyl groups is 1. The third kappa shape index (κ3) is 3.62. The van der Waals surface area contributed by atoms with Crippen molar-refractivity contribution in [3.63, 3.8) is 0 Å². The molecular formula is C19H25N3O3. The number of hydrogen-bond acceptors (Lipinski definition) is 5. The van der Waals surface area contributed by atoms with Gasteiger partial charge in [-0.3, -0.25) is 4.98 Å². The van der Waals surface area contributed by atoms with E-state index in [1.807, 2.05) is 25.7 Å². The maximum absolute atomic E-state index is 12.6. The number of piperidine rings is 2. The molecule has 3 rings (SSSR count). The molecule has 2 bridgehead atoms. The first-order valence-corrected chi connectivity index (χ1v) is 8.82. The van der Waals surface area contributed by atoms with Gasteiger partial charge >= 0.3 is 6.09 Å². The summed E-state index contributed by atoms with van der Waals surface area (Å²) in [6.07, 6.45) is 4.82. The number of fused-ring (bicyclic) bond motifs is 2. The molecule has 0 radical (unpaired) electrons. The summed E-state index contributed by atoms with van der Waals surface area (Å²) in [7, 11) is 0. The predicted molar refractivity (Wildman–Crippen MR) is 91.6 cm³/mol. The molecular weight excluding hydrogens is 318 g/mol. The molecule has 2 unspecified atom stereocenters. The van der Waals surface area contributed by atoms with E-state index in [0.29, 0.717) is 24.1 Å². The van der Waals surface area contributed by atoms with E-state index in [2.05, 4.69) is 11.1 Å². The van der Waals surface area contributed by atoms with Gasteiger partial charge in [-0.1, -0.05) is 0 Å². The quantitative estimate of drug-likeness (QED) is 0.847. The van der Waals surface area contributed by atoms with Crippen LogP contribution < -0.4 is 0 Å². The minimum atomic E-state index is -1.11. The third-order valence-corrected chi connectivity index (χ3v) is 4.98. The number of ether oxygens (including phenoxy) is 1. The lowest BCUT2D eigenvalue weighted by Crippen LogP contribution is -2.59. The fraction of sp³-hybridized carbons (Fsp3) is 0.632. The molecule has 2 atom stereocenters. The van der Waals surface area contributed by atoms with Gasteiger partial charge < -0.3 is 14.7 Å². The second kappa shape index (κ2) is 6.30. The molecule has 1 aromatic rings. The van der Waals surface area contributed by atoms with Crippen molar-refractivity contribution in [1.82, 2.24) is 9.88 Å². The van der Waals surface area contributed by atoms with Gasteiger partial charge in [0.2, 0.25) is 0 Å². The largest absolute Gasteiger partial charge is 0.444 e. The molecule has 0 aliphatic carbocycles. The molecule has 1 aromatic heterocycles. The van der Waals surface area contributed by atoms with Crippen molar-refractivity contribution in [3.8, 4) is 6.07 Å². The Morgan fingerprint density at radius 1 is 1.40 bits per heavy atom. The van der Waals surface area contributed by atoms with Gasteiger partial charge in [-0.05, 0) is 52.2 Å². The molecule has 3 heterocycles. The maximum atomic E-state index is 12.6. The van der Waals surface area contributed by atoms with E-state index < -0.39 is 11.2 Å². The van der Waals surface area contributed by atoms with Gasteiger partial charge in [0.1, 0.15) is 11.2 Å². The van der Waals surface area contributed by atoms with Crippen LogP contribution in [-0.4, -0.2) is 38.8 Å². The Balaban J connectivity index is 1.85. The number of carbonyl (C=O) groups excluding carboxylic acids is 1. The minimum Gasteiger partial charge on any atom is -0.444 e. The SMILES string of the molecule is CC(C)(C)OC(=O)N1C2CCCC1CC(O)(c1cc(C#N)ccn1)C2. The Kier molecular flexibility index (Phi) is 4.46. The number of rotatable bonds is 1. The smallest absolute Gasteiger partial charge is 0.410 e. The average molecular weight is 343 g/mol. The van der Waals surface area contributed by atoms with Crippen LogP contribution in [-0.2, 0) is 10.3 Å². The first kappa shape index (κ1) is 17.7. The van der Waals surface area contributed by atoms with E-state index >= 15 is 0 Å². The summed E-state index contributed by atoms with van der Waals surface area (Å²) in [6, 6.07) is 5.23. The minimum absolute atomic E-state index is 0.0695. The summed E-state index contributed by atoms with van der Waals surface area (Å²) in [5, 5.41) is 20.3. The molecule has 6 nitrogen and oxygen atoms in total. The van der Waals surface area contributed by atoms with Crippen molar-refractivity contribution in [1.29, 1.82) is 5.26 Å². The standard InChI is InChI=1S/C19H25N3O3/c1-18(2,3)25-17(23)22-14-5-4-6-15(22)11-19(24,10-14)16-9-13(12-20)7-8-21-16/h7-9,14-15,24H,4-6,10-11H2,1-3H3. The fourth-order valence-corrected chi connectivity index (χ4v) is 4.01. The molecule has 25 heavy (non-hydrogen) atoms. The number of nitrogens with zero attached hydrogens (tertiary/aromatic N) is 3. The summed E-state index contributed by atoms with van der Waals surface area (Å²) >= 11 is 0. The molecule has 2 aliphatic heterocycles. The van der Waals surface area contributed by atoms with Crippen molar-refractivity contribution in [2.24, 2.45) is 0 Å². The summed E-state index contributed by atoms with van der Waals surface area (Å²) in [5.74, 6) is 0. The van der Waals surface area contributed by atoms with Crippen LogP contribution in [0.1, 0.15) is 64.1 Å². The molecule has 0 saturated carbocycles. The van der Waals surface area contributed by atoms with Crippen molar-refractivity contribution in [2.45, 2.75) is 76.2 Å². The molecule has 2 fully saturated rings. The predicted octanol–water partition coefficient (Wildman–Crippen LogP) is 3.09. The molecule has 1 amide bonds. The van der Waals surface area contributed by atoms with Crippen LogP contribution in [0.4, 0.5) is 4.79 Å². The van der Waals surface area contributed by atoms with Crippen molar-refractivity contribution >= 4 is 6.09 Å². The summed E-state index contributed by atoms with van der Waals surface area (Å²) in [5.41, 5.74) is -0.645.